The summed E-state index contributed by atoms with van der Waals surface area (Å²) in [6.45, 7) is 0.272. The van der Waals surface area contributed by atoms with Crippen LogP contribution in [0.5, 0.6) is 0 Å². The topological polar surface area (TPSA) is 74.2 Å². The lowest BCUT2D eigenvalue weighted by Gasteiger charge is -2.47. The molecule has 1 N–H and O–H groups in total. The molecule has 36 heavy (non-hydrogen) atoms. The van der Waals surface area contributed by atoms with Gasteiger partial charge in [0.2, 0.25) is 0 Å². The summed E-state index contributed by atoms with van der Waals surface area (Å²) in [6.07, 6.45) is 3.18. The molecular formula is C29H34O6P+. The highest BCUT2D eigenvalue weighted by atomic mass is 31.1. The zero-order valence-corrected chi connectivity index (χ0v) is 21.7. The van der Waals surface area contributed by atoms with Gasteiger partial charge in [-0.25, -0.2) is 0 Å². The largest absolute Gasteiger partial charge is 0.694 e. The van der Waals surface area contributed by atoms with Crippen LogP contribution in [0.3, 0.4) is 0 Å². The van der Waals surface area contributed by atoms with Crippen LogP contribution < -0.4 is 0 Å². The molecule has 0 aliphatic heterocycles. The maximum Gasteiger partial charge on any atom is 0.694 e. The first kappa shape index (κ1) is 26.6. The molecule has 0 amide bonds. The van der Waals surface area contributed by atoms with E-state index in [1.807, 2.05) is 54.6 Å². The third kappa shape index (κ3) is 5.60. The average molecular weight is 510 g/mol. The Kier molecular flexibility index (Phi) is 9.02. The number of methoxy groups -OCH3 is 2. The molecule has 190 valence electrons. The molecule has 0 aromatic heterocycles. The molecule has 3 aromatic rings. The Morgan fingerprint density at radius 3 is 1.53 bits per heavy atom. The zero-order valence-electron chi connectivity index (χ0n) is 20.8. The van der Waals surface area contributed by atoms with Gasteiger partial charge < -0.3 is 14.2 Å². The van der Waals surface area contributed by atoms with E-state index in [0.29, 0.717) is 0 Å². The summed E-state index contributed by atoms with van der Waals surface area (Å²) in [5.41, 5.74) is 1.91. The van der Waals surface area contributed by atoms with Gasteiger partial charge in [-0.3, -0.25) is 0 Å². The van der Waals surface area contributed by atoms with Crippen molar-refractivity contribution in [1.29, 1.82) is 0 Å². The van der Waals surface area contributed by atoms with Crippen LogP contribution in [0.15, 0.2) is 91.0 Å². The lowest BCUT2D eigenvalue weighted by atomic mass is 9.78. The molecule has 3 aromatic carbocycles. The molecule has 7 heteroatoms. The highest BCUT2D eigenvalue weighted by molar-refractivity contribution is 7.32. The summed E-state index contributed by atoms with van der Waals surface area (Å²) in [5, 5.41) is 0. The molecule has 4 rings (SSSR count). The summed E-state index contributed by atoms with van der Waals surface area (Å²) in [4.78, 5) is 9.02. The molecule has 1 saturated carbocycles. The first-order valence-electron chi connectivity index (χ1n) is 12.3. The van der Waals surface area contributed by atoms with Crippen molar-refractivity contribution in [1.82, 2.24) is 0 Å². The third-order valence-electron chi connectivity index (χ3n) is 7.17. The highest BCUT2D eigenvalue weighted by Crippen LogP contribution is 2.48. The Balaban J connectivity index is 1.77. The van der Waals surface area contributed by atoms with E-state index in [1.54, 1.807) is 14.2 Å². The van der Waals surface area contributed by atoms with E-state index in [1.165, 1.54) is 0 Å². The van der Waals surface area contributed by atoms with Crippen molar-refractivity contribution in [2.24, 2.45) is 11.8 Å². The predicted molar refractivity (Wildman–Crippen MR) is 138 cm³/mol. The molecule has 1 fully saturated rings. The fourth-order valence-electron chi connectivity index (χ4n) is 5.34. The fourth-order valence-corrected chi connectivity index (χ4v) is 5.68. The summed E-state index contributed by atoms with van der Waals surface area (Å²) in [6, 6.07) is 30.5. The first-order valence-corrected chi connectivity index (χ1v) is 13.4. The minimum atomic E-state index is -2.59. The second-order valence-corrected chi connectivity index (χ2v) is 9.88. The molecule has 0 saturated heterocycles. The SMILES string of the molecule is COC(OC)(OC(c1ccccc1)(c1ccccc1)c1ccccc1)C1CCC(CO[P+](=O)O)CC1. The van der Waals surface area contributed by atoms with E-state index in [2.05, 4.69) is 36.4 Å². The van der Waals surface area contributed by atoms with Gasteiger partial charge >= 0.3 is 8.25 Å². The Morgan fingerprint density at radius 2 is 1.17 bits per heavy atom. The van der Waals surface area contributed by atoms with Crippen LogP contribution in [0, 0.1) is 11.8 Å². The standard InChI is InChI=1S/C29H33O6P/c1-32-29(33-2,27-20-18-23(19-21-27)22-34-36(30)31)35-28(24-12-6-3-7-13-24,25-14-8-4-9-15-25)26-16-10-5-11-17-26/h3-17,23,27H,18-22H2,1-2H3/p+1. The van der Waals surface area contributed by atoms with Gasteiger partial charge in [0.05, 0.1) is 0 Å². The first-order chi connectivity index (χ1) is 17.5. The van der Waals surface area contributed by atoms with Crippen LogP contribution in [0.25, 0.3) is 0 Å². The van der Waals surface area contributed by atoms with Crippen molar-refractivity contribution >= 4 is 8.25 Å². The quantitative estimate of drug-likeness (QED) is 0.183. The van der Waals surface area contributed by atoms with E-state index >= 15 is 0 Å². The predicted octanol–water partition coefficient (Wildman–Crippen LogP) is 6.41. The maximum absolute atomic E-state index is 11.0. The van der Waals surface area contributed by atoms with Gasteiger partial charge in [0.15, 0.2) is 0 Å². The third-order valence-corrected chi connectivity index (χ3v) is 7.54. The van der Waals surface area contributed by atoms with E-state index in [9.17, 15) is 4.57 Å². The molecule has 1 aliphatic carbocycles. The van der Waals surface area contributed by atoms with Crippen LogP contribution in [-0.4, -0.2) is 31.7 Å². The smallest absolute Gasteiger partial charge is 0.331 e. The number of hydrogen-bond acceptors (Lipinski definition) is 5. The van der Waals surface area contributed by atoms with Gasteiger partial charge in [-0.05, 0) is 48.3 Å². The molecule has 1 atom stereocenters. The van der Waals surface area contributed by atoms with Crippen LogP contribution in [0.4, 0.5) is 0 Å². The van der Waals surface area contributed by atoms with Gasteiger partial charge in [0.25, 0.3) is 5.97 Å². The minimum absolute atomic E-state index is 0.0536. The Hall–Kier alpha value is -2.44. The van der Waals surface area contributed by atoms with Crippen LogP contribution in [-0.2, 0) is 28.9 Å². The molecule has 0 radical (unpaired) electrons. The number of benzene rings is 3. The Bertz CT molecular complexity index is 984. The van der Waals surface area contributed by atoms with Crippen molar-refractivity contribution in [2.75, 3.05) is 20.8 Å². The molecular weight excluding hydrogens is 475 g/mol. The fraction of sp³-hybridized carbons (Fsp3) is 0.379. The zero-order chi connectivity index (χ0) is 25.4. The van der Waals surface area contributed by atoms with Crippen LogP contribution >= 0.6 is 8.25 Å². The van der Waals surface area contributed by atoms with Crippen molar-refractivity contribution in [3.05, 3.63) is 108 Å². The van der Waals surface area contributed by atoms with Gasteiger partial charge in [-0.1, -0.05) is 91.0 Å². The number of ether oxygens (including phenoxy) is 3. The van der Waals surface area contributed by atoms with Gasteiger partial charge in [0, 0.05) is 24.7 Å². The average Bonchev–Trinajstić information content (AvgIpc) is 2.95. The summed E-state index contributed by atoms with van der Waals surface area (Å²) in [7, 11) is 0.667. The monoisotopic (exact) mass is 509 g/mol. The maximum atomic E-state index is 11.0. The molecule has 6 nitrogen and oxygen atoms in total. The van der Waals surface area contributed by atoms with Crippen LogP contribution in [0.1, 0.15) is 42.4 Å². The second kappa shape index (κ2) is 12.2. The molecule has 0 bridgehead atoms. The van der Waals surface area contributed by atoms with Crippen molar-refractivity contribution < 1.29 is 28.2 Å². The van der Waals surface area contributed by atoms with Gasteiger partial charge in [0.1, 0.15) is 12.2 Å². The summed E-state index contributed by atoms with van der Waals surface area (Å²) in [5.74, 6) is -1.17. The van der Waals surface area contributed by atoms with Crippen molar-refractivity contribution in [3.8, 4) is 0 Å². The summed E-state index contributed by atoms with van der Waals surface area (Å²) >= 11 is 0. The number of rotatable bonds is 11. The summed E-state index contributed by atoms with van der Waals surface area (Å²) < 4.78 is 35.4. The van der Waals surface area contributed by atoms with Crippen molar-refractivity contribution in [2.45, 2.75) is 37.3 Å². The lowest BCUT2D eigenvalue weighted by Crippen LogP contribution is -2.52. The van der Waals surface area contributed by atoms with Gasteiger partial charge in [-0.2, -0.15) is 0 Å². The van der Waals surface area contributed by atoms with E-state index < -0.39 is 19.8 Å². The van der Waals surface area contributed by atoms with Crippen LogP contribution in [0.2, 0.25) is 0 Å². The van der Waals surface area contributed by atoms with Gasteiger partial charge in [-0.15, -0.1) is 9.42 Å². The van der Waals surface area contributed by atoms with E-state index in [4.69, 9.17) is 23.6 Å². The molecule has 1 unspecified atom stereocenters. The minimum Gasteiger partial charge on any atom is -0.331 e. The Labute approximate surface area is 214 Å². The Morgan fingerprint density at radius 1 is 0.750 bits per heavy atom. The number of hydrogen-bond donors (Lipinski definition) is 1. The van der Waals surface area contributed by atoms with Crippen molar-refractivity contribution in [3.63, 3.8) is 0 Å². The van der Waals surface area contributed by atoms with E-state index in [0.717, 1.165) is 42.4 Å². The highest BCUT2D eigenvalue weighted by Gasteiger charge is 2.51. The molecule has 1 aliphatic rings. The second-order valence-electron chi connectivity index (χ2n) is 9.14. The molecule has 0 spiro atoms. The lowest BCUT2D eigenvalue weighted by molar-refractivity contribution is -0.414. The normalized spacial score (nSPS) is 19.1. The molecule has 0 heterocycles. The van der Waals surface area contributed by atoms with E-state index in [-0.39, 0.29) is 18.4 Å².